The highest BCUT2D eigenvalue weighted by molar-refractivity contribution is 5.99. The second-order valence-corrected chi connectivity index (χ2v) is 9.05. The van der Waals surface area contributed by atoms with Crippen LogP contribution in [0.15, 0.2) is 66.4 Å². The topological polar surface area (TPSA) is 129 Å². The quantitative estimate of drug-likeness (QED) is 0.285. The maximum Gasteiger partial charge on any atom is 0.283 e. The Morgan fingerprint density at radius 3 is 2.60 bits per heavy atom. The number of nitrogens with one attached hydrogen (secondary N) is 2. The van der Waals surface area contributed by atoms with E-state index in [2.05, 4.69) is 42.0 Å². The lowest BCUT2D eigenvalue weighted by atomic mass is 10.2. The normalized spacial score (nSPS) is 13.8. The van der Waals surface area contributed by atoms with Crippen molar-refractivity contribution >= 4 is 40.0 Å². The molecule has 2 aromatic carbocycles. The zero-order valence-electron chi connectivity index (χ0n) is 21.3. The molecule has 0 bridgehead atoms. The molecule has 11 nitrogen and oxygen atoms in total. The summed E-state index contributed by atoms with van der Waals surface area (Å²) in [6.45, 7) is 7.08. The summed E-state index contributed by atoms with van der Waals surface area (Å²) in [5.74, 6) is -1.68. The Hall–Kier alpha value is -4.75. The van der Waals surface area contributed by atoms with Crippen LogP contribution in [0, 0.1) is 11.6 Å². The number of fused-ring (bicyclic) bond motifs is 1. The summed E-state index contributed by atoms with van der Waals surface area (Å²) >= 11 is 0. The van der Waals surface area contributed by atoms with Crippen molar-refractivity contribution in [2.75, 3.05) is 54.9 Å². The number of nitrogens with zero attached hydrogens (tertiary/aromatic N) is 6. The lowest BCUT2D eigenvalue weighted by Crippen LogP contribution is -2.47. The van der Waals surface area contributed by atoms with Gasteiger partial charge in [-0.15, -0.1) is 0 Å². The molecule has 206 valence electrons. The highest BCUT2D eigenvalue weighted by atomic mass is 19.1. The summed E-state index contributed by atoms with van der Waals surface area (Å²) in [4.78, 5) is 40.6. The number of aliphatic hydroxyl groups is 1. The van der Waals surface area contributed by atoms with Crippen LogP contribution in [0.25, 0.3) is 16.7 Å². The van der Waals surface area contributed by atoms with Crippen molar-refractivity contribution in [3.8, 4) is 5.69 Å². The first-order chi connectivity index (χ1) is 19.4. The molecule has 1 fully saturated rings. The van der Waals surface area contributed by atoms with Crippen LogP contribution < -0.4 is 21.1 Å². The van der Waals surface area contributed by atoms with Crippen LogP contribution >= 0.6 is 0 Å². The van der Waals surface area contributed by atoms with Crippen molar-refractivity contribution in [1.82, 2.24) is 24.4 Å². The van der Waals surface area contributed by atoms with Gasteiger partial charge in [0, 0.05) is 50.3 Å². The van der Waals surface area contributed by atoms with Crippen LogP contribution in [0.4, 0.5) is 31.8 Å². The number of β-amino-alcohol motifs (C(OH)–C–C–N with tert-alkyl or cyclic N) is 1. The van der Waals surface area contributed by atoms with Gasteiger partial charge in [-0.25, -0.2) is 13.8 Å². The summed E-state index contributed by atoms with van der Waals surface area (Å²) in [6, 6.07) is 8.67. The molecule has 0 atom stereocenters. The average Bonchev–Trinajstić information content (AvgIpc) is 2.96. The molecule has 1 saturated heterocycles. The number of anilines is 4. The highest BCUT2D eigenvalue weighted by Crippen LogP contribution is 2.26. The minimum atomic E-state index is -0.657. The van der Waals surface area contributed by atoms with E-state index in [0.717, 1.165) is 37.2 Å². The Bertz CT molecular complexity index is 1640. The zero-order valence-corrected chi connectivity index (χ0v) is 21.3. The molecule has 0 saturated carbocycles. The van der Waals surface area contributed by atoms with E-state index in [-0.39, 0.29) is 40.7 Å². The van der Waals surface area contributed by atoms with Crippen molar-refractivity contribution in [1.29, 1.82) is 0 Å². The molecule has 4 aromatic rings. The molecule has 1 aliphatic rings. The lowest BCUT2D eigenvalue weighted by Gasteiger charge is -2.35. The van der Waals surface area contributed by atoms with Crippen molar-refractivity contribution in [2.24, 2.45) is 0 Å². The molecule has 1 amide bonds. The van der Waals surface area contributed by atoms with Gasteiger partial charge in [-0.05, 0) is 42.5 Å². The Labute approximate surface area is 227 Å². The van der Waals surface area contributed by atoms with Crippen LogP contribution in [0.5, 0.6) is 0 Å². The molecule has 3 heterocycles. The fourth-order valence-electron chi connectivity index (χ4n) is 4.44. The molecule has 1 aliphatic heterocycles. The second-order valence-electron chi connectivity index (χ2n) is 9.05. The van der Waals surface area contributed by atoms with Crippen LogP contribution in [0.1, 0.15) is 0 Å². The molecule has 0 radical (unpaired) electrons. The summed E-state index contributed by atoms with van der Waals surface area (Å²) in [6.07, 6.45) is 3.43. The van der Waals surface area contributed by atoms with Gasteiger partial charge in [0.25, 0.3) is 5.56 Å². The van der Waals surface area contributed by atoms with Gasteiger partial charge in [-0.2, -0.15) is 9.97 Å². The van der Waals surface area contributed by atoms with E-state index in [0.29, 0.717) is 19.6 Å². The Balaban J connectivity index is 1.43. The third-order valence-corrected chi connectivity index (χ3v) is 6.53. The van der Waals surface area contributed by atoms with E-state index in [1.807, 2.05) is 0 Å². The number of rotatable bonds is 8. The molecule has 0 spiro atoms. The summed E-state index contributed by atoms with van der Waals surface area (Å²) < 4.78 is 31.2. The van der Waals surface area contributed by atoms with Crippen LogP contribution in [-0.2, 0) is 4.79 Å². The van der Waals surface area contributed by atoms with Crippen molar-refractivity contribution in [3.63, 3.8) is 0 Å². The third kappa shape index (κ3) is 5.65. The molecule has 13 heteroatoms. The number of hydrogen-bond acceptors (Lipinski definition) is 9. The number of aliphatic hydroxyl groups excluding tert-OH is 1. The van der Waals surface area contributed by atoms with E-state index in [1.165, 1.54) is 29.0 Å². The number of halogens is 2. The van der Waals surface area contributed by atoms with E-state index < -0.39 is 23.1 Å². The fourth-order valence-corrected chi connectivity index (χ4v) is 4.44. The van der Waals surface area contributed by atoms with Gasteiger partial charge in [0.2, 0.25) is 11.9 Å². The first kappa shape index (κ1) is 26.8. The number of amides is 1. The molecule has 3 N–H and O–H groups in total. The van der Waals surface area contributed by atoms with Gasteiger partial charge in [0.1, 0.15) is 23.3 Å². The SMILES string of the molecule is C=CC(=O)Nc1ccc(F)c(-n2cnc(=O)c3cnc(Nc4ccc(N5CCN(CCO)CC5)cc4F)nc32)c1. The molecular weight excluding hydrogens is 522 g/mol. The molecular formula is C27H26F2N8O3. The molecule has 40 heavy (non-hydrogen) atoms. The van der Waals surface area contributed by atoms with E-state index in [9.17, 15) is 14.0 Å². The van der Waals surface area contributed by atoms with Crippen molar-refractivity contribution in [2.45, 2.75) is 0 Å². The number of hydrogen-bond donors (Lipinski definition) is 3. The van der Waals surface area contributed by atoms with Crippen molar-refractivity contribution in [3.05, 3.63) is 83.6 Å². The monoisotopic (exact) mass is 548 g/mol. The maximum atomic E-state index is 15.1. The van der Waals surface area contributed by atoms with Crippen LogP contribution in [0.3, 0.4) is 0 Å². The first-order valence-electron chi connectivity index (χ1n) is 12.5. The van der Waals surface area contributed by atoms with E-state index >= 15 is 4.39 Å². The van der Waals surface area contributed by atoms with Gasteiger partial charge < -0.3 is 20.6 Å². The summed E-state index contributed by atoms with van der Waals surface area (Å²) in [7, 11) is 0. The Morgan fingerprint density at radius 2 is 1.88 bits per heavy atom. The molecule has 5 rings (SSSR count). The van der Waals surface area contributed by atoms with Crippen LogP contribution in [0.2, 0.25) is 0 Å². The number of piperazine rings is 1. The maximum absolute atomic E-state index is 15.1. The highest BCUT2D eigenvalue weighted by Gasteiger charge is 2.19. The van der Waals surface area contributed by atoms with E-state index in [4.69, 9.17) is 5.11 Å². The van der Waals surface area contributed by atoms with Gasteiger partial charge in [-0.1, -0.05) is 6.58 Å². The van der Waals surface area contributed by atoms with Gasteiger partial charge in [0.15, 0.2) is 5.65 Å². The van der Waals surface area contributed by atoms with Gasteiger partial charge in [0.05, 0.1) is 18.0 Å². The van der Waals surface area contributed by atoms with Gasteiger partial charge >= 0.3 is 0 Å². The second kappa shape index (κ2) is 11.6. The zero-order chi connectivity index (χ0) is 28.2. The number of aromatic nitrogens is 4. The predicted molar refractivity (Wildman–Crippen MR) is 147 cm³/mol. The molecule has 0 unspecified atom stereocenters. The lowest BCUT2D eigenvalue weighted by molar-refractivity contribution is -0.111. The Kier molecular flexibility index (Phi) is 7.75. The minimum Gasteiger partial charge on any atom is -0.395 e. The molecule has 0 aliphatic carbocycles. The minimum absolute atomic E-state index is 0.0177. The predicted octanol–water partition coefficient (Wildman–Crippen LogP) is 2.44. The van der Waals surface area contributed by atoms with Crippen LogP contribution in [-0.4, -0.2) is 74.8 Å². The Morgan fingerprint density at radius 1 is 1.07 bits per heavy atom. The number of carbonyl (C=O) groups is 1. The largest absolute Gasteiger partial charge is 0.395 e. The summed E-state index contributed by atoms with van der Waals surface area (Å²) in [5.41, 5.74) is 0.511. The smallest absolute Gasteiger partial charge is 0.283 e. The molecule has 2 aromatic heterocycles. The number of benzene rings is 2. The third-order valence-electron chi connectivity index (χ3n) is 6.53. The van der Waals surface area contributed by atoms with Crippen molar-refractivity contribution < 1.29 is 18.7 Å². The average molecular weight is 549 g/mol. The first-order valence-corrected chi connectivity index (χ1v) is 12.5. The summed E-state index contributed by atoms with van der Waals surface area (Å²) in [5, 5.41) is 14.5. The number of carbonyl (C=O) groups excluding carboxylic acids is 1. The van der Waals surface area contributed by atoms with E-state index in [1.54, 1.807) is 12.1 Å². The standard InChI is InChI=1S/C27H26F2N8O3/c1-2-24(39)32-17-3-5-20(28)23(13-17)37-16-31-26(40)19-15-30-27(34-25(19)37)33-22-6-4-18(14-21(22)29)36-9-7-35(8-10-36)11-12-38/h2-6,13-16,38H,1,7-12H2,(H,32,39)(H,30,33,34). The fraction of sp³-hybridized carbons (Fsp3) is 0.222. The van der Waals surface area contributed by atoms with Gasteiger partial charge in [-0.3, -0.25) is 19.1 Å².